The lowest BCUT2D eigenvalue weighted by atomic mass is 10.1. The molecule has 0 aromatic heterocycles. The molecule has 0 bridgehead atoms. The number of primary amides is 1. The third-order valence-corrected chi connectivity index (χ3v) is 2.81. The van der Waals surface area contributed by atoms with E-state index in [0.29, 0.717) is 11.4 Å². The first-order valence-electron chi connectivity index (χ1n) is 4.73. The molecule has 0 spiro atoms. The van der Waals surface area contributed by atoms with Gasteiger partial charge in [-0.15, -0.1) is 0 Å². The molecular formula is C9H14N4O3S. The highest BCUT2D eigenvalue weighted by Gasteiger charge is 2.06. The third kappa shape index (κ3) is 4.29. The zero-order chi connectivity index (χ0) is 13.1. The minimum Gasteiger partial charge on any atom is -0.397 e. The fraction of sp³-hybridized carbons (Fsp3) is 0.222. The SMILES string of the molecule is NC(=O)c1ccc(N)c(NCCS(N)(=O)=O)c1. The van der Waals surface area contributed by atoms with Crippen molar-refractivity contribution in [1.29, 1.82) is 0 Å². The Morgan fingerprint density at radius 3 is 2.53 bits per heavy atom. The molecule has 0 saturated carbocycles. The summed E-state index contributed by atoms with van der Waals surface area (Å²) < 4.78 is 21.4. The van der Waals surface area contributed by atoms with Gasteiger partial charge in [0.15, 0.2) is 0 Å². The van der Waals surface area contributed by atoms with Crippen LogP contribution in [0.25, 0.3) is 0 Å². The number of benzene rings is 1. The zero-order valence-electron chi connectivity index (χ0n) is 9.01. The normalized spacial score (nSPS) is 11.1. The second kappa shape index (κ2) is 5.02. The van der Waals surface area contributed by atoms with Crippen LogP contribution < -0.4 is 21.9 Å². The van der Waals surface area contributed by atoms with Gasteiger partial charge in [-0.2, -0.15) is 0 Å². The lowest BCUT2D eigenvalue weighted by Gasteiger charge is -2.09. The van der Waals surface area contributed by atoms with Crippen LogP contribution in [0.3, 0.4) is 0 Å². The molecule has 7 nitrogen and oxygen atoms in total. The van der Waals surface area contributed by atoms with E-state index in [0.717, 1.165) is 0 Å². The van der Waals surface area contributed by atoms with Crippen molar-refractivity contribution in [2.24, 2.45) is 10.9 Å². The van der Waals surface area contributed by atoms with E-state index in [4.69, 9.17) is 16.6 Å². The van der Waals surface area contributed by atoms with Crippen LogP contribution in [-0.2, 0) is 10.0 Å². The summed E-state index contributed by atoms with van der Waals surface area (Å²) in [5, 5.41) is 7.62. The highest BCUT2D eigenvalue weighted by molar-refractivity contribution is 7.89. The molecule has 0 unspecified atom stereocenters. The number of carbonyl (C=O) groups excluding carboxylic acids is 1. The number of carbonyl (C=O) groups is 1. The Morgan fingerprint density at radius 2 is 2.00 bits per heavy atom. The molecule has 0 aliphatic carbocycles. The Bertz CT molecular complexity index is 527. The van der Waals surface area contributed by atoms with Crippen molar-refractivity contribution in [3.8, 4) is 0 Å². The van der Waals surface area contributed by atoms with Gasteiger partial charge in [-0.25, -0.2) is 13.6 Å². The van der Waals surface area contributed by atoms with Gasteiger partial charge >= 0.3 is 0 Å². The van der Waals surface area contributed by atoms with Crippen molar-refractivity contribution in [3.05, 3.63) is 23.8 Å². The predicted octanol–water partition coefficient (Wildman–Crippen LogP) is -0.932. The molecule has 0 aliphatic heterocycles. The molecule has 0 radical (unpaired) electrons. The minimum absolute atomic E-state index is 0.102. The molecule has 8 heteroatoms. The number of nitrogens with two attached hydrogens (primary N) is 3. The minimum atomic E-state index is -3.53. The van der Waals surface area contributed by atoms with Crippen LogP contribution in [0.15, 0.2) is 18.2 Å². The predicted molar refractivity (Wildman–Crippen MR) is 65.8 cm³/mol. The Morgan fingerprint density at radius 1 is 1.35 bits per heavy atom. The molecule has 1 amide bonds. The molecule has 7 N–H and O–H groups in total. The maximum absolute atomic E-state index is 10.9. The molecule has 1 aromatic carbocycles. The summed E-state index contributed by atoms with van der Waals surface area (Å²) in [5.74, 6) is -0.813. The summed E-state index contributed by atoms with van der Waals surface area (Å²) in [7, 11) is -3.53. The van der Waals surface area contributed by atoms with E-state index in [9.17, 15) is 13.2 Å². The van der Waals surface area contributed by atoms with Crippen LogP contribution in [0.1, 0.15) is 10.4 Å². The number of primary sulfonamides is 1. The van der Waals surface area contributed by atoms with Crippen molar-refractivity contribution in [1.82, 2.24) is 0 Å². The molecule has 94 valence electrons. The van der Waals surface area contributed by atoms with Crippen molar-refractivity contribution < 1.29 is 13.2 Å². The third-order valence-electron chi connectivity index (χ3n) is 2.04. The highest BCUT2D eigenvalue weighted by Crippen LogP contribution is 2.19. The summed E-state index contributed by atoms with van der Waals surface area (Å²) in [5.41, 5.74) is 11.9. The van der Waals surface area contributed by atoms with Crippen LogP contribution in [0, 0.1) is 0 Å². The van der Waals surface area contributed by atoms with E-state index in [-0.39, 0.29) is 17.9 Å². The molecule has 0 heterocycles. The van der Waals surface area contributed by atoms with E-state index >= 15 is 0 Å². The number of rotatable bonds is 5. The molecule has 1 rings (SSSR count). The van der Waals surface area contributed by atoms with Crippen LogP contribution in [-0.4, -0.2) is 26.6 Å². The summed E-state index contributed by atoms with van der Waals surface area (Å²) in [6.07, 6.45) is 0. The fourth-order valence-corrected chi connectivity index (χ4v) is 1.58. The first kappa shape index (κ1) is 13.3. The standard InChI is InChI=1S/C9H14N4O3S/c10-7-2-1-6(9(11)14)5-8(7)13-3-4-17(12,15)16/h1-2,5,13H,3-4,10H2,(H2,11,14)(H2,12,15,16). The zero-order valence-corrected chi connectivity index (χ0v) is 9.83. The average Bonchev–Trinajstić information content (AvgIpc) is 2.18. The van der Waals surface area contributed by atoms with Gasteiger partial charge in [0.1, 0.15) is 0 Å². The second-order valence-corrected chi connectivity index (χ2v) is 5.19. The molecule has 0 atom stereocenters. The van der Waals surface area contributed by atoms with Gasteiger partial charge in [-0.3, -0.25) is 4.79 Å². The number of hydrogen-bond acceptors (Lipinski definition) is 5. The van der Waals surface area contributed by atoms with E-state index in [1.807, 2.05) is 0 Å². The Kier molecular flexibility index (Phi) is 3.92. The molecule has 1 aromatic rings. The Labute approximate surface area is 99.0 Å². The van der Waals surface area contributed by atoms with E-state index in [1.54, 1.807) is 0 Å². The maximum atomic E-state index is 10.9. The molecular weight excluding hydrogens is 244 g/mol. The van der Waals surface area contributed by atoms with Gasteiger partial charge in [0.25, 0.3) is 0 Å². The summed E-state index contributed by atoms with van der Waals surface area (Å²) in [6, 6.07) is 4.46. The van der Waals surface area contributed by atoms with Crippen LogP contribution in [0.2, 0.25) is 0 Å². The summed E-state index contributed by atoms with van der Waals surface area (Å²) >= 11 is 0. The number of anilines is 2. The van der Waals surface area contributed by atoms with Gasteiger partial charge in [0, 0.05) is 12.1 Å². The van der Waals surface area contributed by atoms with Crippen LogP contribution in [0.5, 0.6) is 0 Å². The maximum Gasteiger partial charge on any atom is 0.248 e. The number of nitrogens with one attached hydrogen (secondary N) is 1. The fourth-order valence-electron chi connectivity index (χ4n) is 1.19. The lowest BCUT2D eigenvalue weighted by molar-refractivity contribution is 0.100. The average molecular weight is 258 g/mol. The summed E-state index contributed by atoms with van der Waals surface area (Å²) in [4.78, 5) is 10.9. The van der Waals surface area contributed by atoms with Crippen molar-refractivity contribution >= 4 is 27.3 Å². The smallest absolute Gasteiger partial charge is 0.248 e. The van der Waals surface area contributed by atoms with Crippen LogP contribution in [0.4, 0.5) is 11.4 Å². The van der Waals surface area contributed by atoms with Crippen molar-refractivity contribution in [2.75, 3.05) is 23.3 Å². The molecule has 17 heavy (non-hydrogen) atoms. The summed E-state index contributed by atoms with van der Waals surface area (Å²) in [6.45, 7) is 0.102. The monoisotopic (exact) mass is 258 g/mol. The quantitative estimate of drug-likeness (QED) is 0.505. The van der Waals surface area contributed by atoms with Gasteiger partial charge < -0.3 is 16.8 Å². The van der Waals surface area contributed by atoms with E-state index in [2.05, 4.69) is 5.32 Å². The Hall–Kier alpha value is -1.80. The van der Waals surface area contributed by atoms with Gasteiger partial charge in [-0.1, -0.05) is 0 Å². The van der Waals surface area contributed by atoms with Gasteiger partial charge in [0.2, 0.25) is 15.9 Å². The van der Waals surface area contributed by atoms with E-state index in [1.165, 1.54) is 18.2 Å². The lowest BCUT2D eigenvalue weighted by Crippen LogP contribution is -2.22. The highest BCUT2D eigenvalue weighted by atomic mass is 32.2. The Balaban J connectivity index is 2.76. The largest absolute Gasteiger partial charge is 0.397 e. The van der Waals surface area contributed by atoms with Gasteiger partial charge in [-0.05, 0) is 18.2 Å². The number of hydrogen-bond donors (Lipinski definition) is 4. The molecule has 0 saturated heterocycles. The number of sulfonamides is 1. The first-order valence-corrected chi connectivity index (χ1v) is 6.45. The molecule has 0 aliphatic rings. The first-order chi connectivity index (χ1) is 7.79. The number of amides is 1. The van der Waals surface area contributed by atoms with Gasteiger partial charge in [0.05, 0.1) is 17.1 Å². The van der Waals surface area contributed by atoms with Crippen LogP contribution >= 0.6 is 0 Å². The number of nitrogen functional groups attached to an aromatic ring is 1. The second-order valence-electron chi connectivity index (χ2n) is 3.46. The van der Waals surface area contributed by atoms with E-state index < -0.39 is 15.9 Å². The van der Waals surface area contributed by atoms with Crippen molar-refractivity contribution in [3.63, 3.8) is 0 Å². The topological polar surface area (TPSA) is 141 Å². The molecule has 0 fully saturated rings. The van der Waals surface area contributed by atoms with Crippen molar-refractivity contribution in [2.45, 2.75) is 0 Å².